The number of Topliss-reactive ketones (excluding diaryl/α,β-unsaturated/α-hetero) is 1. The molecule has 0 radical (unpaired) electrons. The number of carbonyl (C=O) groups is 1. The standard InChI is InChI=1S/C15H20O3/c1-4-7-17-15-13(16)9-14(15)18-12-6-5-10(2)11(3)8-12/h5-6,8,14-15H,4,7,9H2,1-3H3. The average molecular weight is 248 g/mol. The summed E-state index contributed by atoms with van der Waals surface area (Å²) in [5.41, 5.74) is 2.44. The van der Waals surface area contributed by atoms with Crippen molar-refractivity contribution in [1.82, 2.24) is 0 Å². The molecule has 1 fully saturated rings. The molecule has 2 rings (SSSR count). The minimum atomic E-state index is -0.369. The van der Waals surface area contributed by atoms with E-state index >= 15 is 0 Å². The van der Waals surface area contributed by atoms with Crippen molar-refractivity contribution < 1.29 is 14.3 Å². The van der Waals surface area contributed by atoms with E-state index in [0.717, 1.165) is 12.2 Å². The van der Waals surface area contributed by atoms with Gasteiger partial charge in [0.05, 0.1) is 0 Å². The molecule has 1 saturated carbocycles. The van der Waals surface area contributed by atoms with Crippen molar-refractivity contribution in [2.45, 2.75) is 45.8 Å². The topological polar surface area (TPSA) is 35.5 Å². The van der Waals surface area contributed by atoms with Gasteiger partial charge >= 0.3 is 0 Å². The Morgan fingerprint density at radius 1 is 1.28 bits per heavy atom. The second kappa shape index (κ2) is 5.53. The molecule has 0 N–H and O–H groups in total. The Kier molecular flexibility index (Phi) is 4.02. The molecule has 2 unspecified atom stereocenters. The summed E-state index contributed by atoms with van der Waals surface area (Å²) in [6, 6.07) is 5.99. The average Bonchev–Trinajstić information content (AvgIpc) is 2.33. The molecule has 3 heteroatoms. The van der Waals surface area contributed by atoms with E-state index in [1.165, 1.54) is 11.1 Å². The van der Waals surface area contributed by atoms with Gasteiger partial charge in [0.1, 0.15) is 11.9 Å². The lowest BCUT2D eigenvalue weighted by atomic mass is 9.90. The Bertz CT molecular complexity index is 439. The van der Waals surface area contributed by atoms with Gasteiger partial charge in [-0.2, -0.15) is 0 Å². The van der Waals surface area contributed by atoms with Crippen LogP contribution in [0.25, 0.3) is 0 Å². The van der Waals surface area contributed by atoms with Crippen LogP contribution in [0.1, 0.15) is 30.9 Å². The molecule has 0 spiro atoms. The summed E-state index contributed by atoms with van der Waals surface area (Å²) in [5.74, 6) is 0.970. The van der Waals surface area contributed by atoms with Gasteiger partial charge in [-0.05, 0) is 43.5 Å². The fraction of sp³-hybridized carbons (Fsp3) is 0.533. The molecular formula is C15H20O3. The van der Waals surface area contributed by atoms with Crippen molar-refractivity contribution in [2.24, 2.45) is 0 Å². The maximum absolute atomic E-state index is 11.5. The normalized spacial score (nSPS) is 22.7. The lowest BCUT2D eigenvalue weighted by Crippen LogP contribution is -2.52. The van der Waals surface area contributed by atoms with Crippen molar-refractivity contribution in [1.29, 1.82) is 0 Å². The summed E-state index contributed by atoms with van der Waals surface area (Å²) in [7, 11) is 0. The highest BCUT2D eigenvalue weighted by molar-refractivity contribution is 5.90. The molecule has 0 heterocycles. The number of hydrogen-bond acceptors (Lipinski definition) is 3. The molecule has 0 bridgehead atoms. The minimum absolute atomic E-state index is 0.119. The largest absolute Gasteiger partial charge is 0.487 e. The molecule has 0 amide bonds. The molecule has 0 aliphatic heterocycles. The lowest BCUT2D eigenvalue weighted by Gasteiger charge is -2.34. The van der Waals surface area contributed by atoms with Crippen molar-refractivity contribution in [3.8, 4) is 5.75 Å². The summed E-state index contributed by atoms with van der Waals surface area (Å²) in [5, 5.41) is 0. The van der Waals surface area contributed by atoms with E-state index in [1.807, 2.05) is 25.1 Å². The fourth-order valence-electron chi connectivity index (χ4n) is 1.98. The molecule has 0 aromatic heterocycles. The van der Waals surface area contributed by atoms with Crippen LogP contribution in [-0.2, 0) is 9.53 Å². The predicted octanol–water partition coefficient (Wildman–Crippen LogP) is 2.82. The van der Waals surface area contributed by atoms with Gasteiger partial charge in [0, 0.05) is 13.0 Å². The van der Waals surface area contributed by atoms with Crippen LogP contribution in [-0.4, -0.2) is 24.6 Å². The maximum atomic E-state index is 11.5. The zero-order valence-corrected chi connectivity index (χ0v) is 11.2. The second-order valence-electron chi connectivity index (χ2n) is 4.86. The maximum Gasteiger partial charge on any atom is 0.169 e. The number of carbonyl (C=O) groups excluding carboxylic acids is 1. The Balaban J connectivity index is 1.96. The van der Waals surface area contributed by atoms with Crippen LogP contribution >= 0.6 is 0 Å². The quantitative estimate of drug-likeness (QED) is 0.803. The first-order valence-corrected chi connectivity index (χ1v) is 6.50. The van der Waals surface area contributed by atoms with Crippen LogP contribution in [0, 0.1) is 13.8 Å². The van der Waals surface area contributed by atoms with Gasteiger partial charge in [-0.25, -0.2) is 0 Å². The van der Waals surface area contributed by atoms with E-state index in [-0.39, 0.29) is 18.0 Å². The zero-order chi connectivity index (χ0) is 13.1. The summed E-state index contributed by atoms with van der Waals surface area (Å²) in [4.78, 5) is 11.5. The van der Waals surface area contributed by atoms with E-state index in [9.17, 15) is 4.79 Å². The van der Waals surface area contributed by atoms with Gasteiger partial charge in [0.25, 0.3) is 0 Å². The Morgan fingerprint density at radius 3 is 2.67 bits per heavy atom. The number of aryl methyl sites for hydroxylation is 2. The fourth-order valence-corrected chi connectivity index (χ4v) is 1.98. The number of rotatable bonds is 5. The van der Waals surface area contributed by atoms with Crippen molar-refractivity contribution in [2.75, 3.05) is 6.61 Å². The highest BCUT2D eigenvalue weighted by Gasteiger charge is 2.42. The predicted molar refractivity (Wildman–Crippen MR) is 70.0 cm³/mol. The second-order valence-corrected chi connectivity index (χ2v) is 4.86. The molecule has 3 nitrogen and oxygen atoms in total. The molecule has 98 valence electrons. The molecular weight excluding hydrogens is 228 g/mol. The first kappa shape index (κ1) is 13.1. The van der Waals surface area contributed by atoms with Crippen molar-refractivity contribution >= 4 is 5.78 Å². The summed E-state index contributed by atoms with van der Waals surface area (Å²) < 4.78 is 11.3. The number of ether oxygens (including phenoxy) is 2. The summed E-state index contributed by atoms with van der Waals surface area (Å²) in [6.45, 7) is 6.77. The number of benzene rings is 1. The van der Waals surface area contributed by atoms with Gasteiger partial charge in [0.2, 0.25) is 0 Å². The van der Waals surface area contributed by atoms with E-state index in [4.69, 9.17) is 9.47 Å². The monoisotopic (exact) mass is 248 g/mol. The van der Waals surface area contributed by atoms with Crippen LogP contribution < -0.4 is 4.74 Å². The molecule has 1 aromatic rings. The summed E-state index contributed by atoms with van der Waals surface area (Å²) in [6.07, 6.45) is 0.888. The van der Waals surface area contributed by atoms with Crippen LogP contribution in [0.15, 0.2) is 18.2 Å². The van der Waals surface area contributed by atoms with E-state index < -0.39 is 0 Å². The summed E-state index contributed by atoms with van der Waals surface area (Å²) >= 11 is 0. The Hall–Kier alpha value is -1.35. The van der Waals surface area contributed by atoms with Crippen LogP contribution in [0.2, 0.25) is 0 Å². The van der Waals surface area contributed by atoms with Gasteiger partial charge in [-0.15, -0.1) is 0 Å². The highest BCUT2D eigenvalue weighted by Crippen LogP contribution is 2.27. The number of hydrogen-bond donors (Lipinski definition) is 0. The van der Waals surface area contributed by atoms with Crippen LogP contribution in [0.5, 0.6) is 5.75 Å². The third-order valence-corrected chi connectivity index (χ3v) is 3.32. The molecule has 2 atom stereocenters. The first-order valence-electron chi connectivity index (χ1n) is 6.50. The Morgan fingerprint density at radius 2 is 2.06 bits per heavy atom. The van der Waals surface area contributed by atoms with Gasteiger partial charge in [-0.3, -0.25) is 4.79 Å². The molecule has 1 aromatic carbocycles. The van der Waals surface area contributed by atoms with E-state index in [2.05, 4.69) is 13.8 Å². The van der Waals surface area contributed by atoms with Gasteiger partial charge in [0.15, 0.2) is 11.9 Å². The first-order chi connectivity index (χ1) is 8.61. The highest BCUT2D eigenvalue weighted by atomic mass is 16.5. The molecule has 0 saturated heterocycles. The Labute approximate surface area is 108 Å². The SMILES string of the molecule is CCCOC1C(=O)CC1Oc1ccc(C)c(C)c1. The van der Waals surface area contributed by atoms with Crippen LogP contribution in [0.4, 0.5) is 0 Å². The molecule has 18 heavy (non-hydrogen) atoms. The lowest BCUT2D eigenvalue weighted by molar-refractivity contribution is -0.154. The number of ketones is 1. The van der Waals surface area contributed by atoms with Gasteiger partial charge < -0.3 is 9.47 Å². The van der Waals surface area contributed by atoms with E-state index in [0.29, 0.717) is 13.0 Å². The smallest absolute Gasteiger partial charge is 0.169 e. The third kappa shape index (κ3) is 2.72. The zero-order valence-electron chi connectivity index (χ0n) is 11.2. The molecule has 1 aliphatic rings. The van der Waals surface area contributed by atoms with Crippen molar-refractivity contribution in [3.63, 3.8) is 0 Å². The van der Waals surface area contributed by atoms with Gasteiger partial charge in [-0.1, -0.05) is 13.0 Å². The third-order valence-electron chi connectivity index (χ3n) is 3.32. The molecule has 1 aliphatic carbocycles. The minimum Gasteiger partial charge on any atom is -0.487 e. The van der Waals surface area contributed by atoms with E-state index in [1.54, 1.807) is 0 Å². The van der Waals surface area contributed by atoms with Crippen molar-refractivity contribution in [3.05, 3.63) is 29.3 Å². The van der Waals surface area contributed by atoms with Crippen LogP contribution in [0.3, 0.4) is 0 Å².